The number of aryl methyl sites for hydroxylation is 1. The van der Waals surface area contributed by atoms with Crippen molar-refractivity contribution in [2.24, 2.45) is 0 Å². The van der Waals surface area contributed by atoms with Gasteiger partial charge in [0.2, 0.25) is 0 Å². The molecule has 0 spiro atoms. The van der Waals surface area contributed by atoms with Gasteiger partial charge >= 0.3 is 0 Å². The zero-order valence-electron chi connectivity index (χ0n) is 27.6. The van der Waals surface area contributed by atoms with Crippen LogP contribution in [0.1, 0.15) is 41.6 Å². The van der Waals surface area contributed by atoms with Gasteiger partial charge < -0.3 is 26.2 Å². The first-order chi connectivity index (χ1) is 23.1. The van der Waals surface area contributed by atoms with Crippen LogP contribution >= 0.6 is 0 Å². The highest BCUT2D eigenvalue weighted by molar-refractivity contribution is 5.68. The van der Waals surface area contributed by atoms with Gasteiger partial charge in [0, 0.05) is 63.1 Å². The van der Waals surface area contributed by atoms with Crippen LogP contribution in [0.4, 0.5) is 21.6 Å². The molecule has 0 fully saturated rings. The topological polar surface area (TPSA) is 77.1 Å². The number of nitrogens with one attached hydrogen (secondary N) is 4. The van der Waals surface area contributed by atoms with Crippen LogP contribution in [0.3, 0.4) is 0 Å². The molecular weight excluding hydrogens is 585 g/mol. The van der Waals surface area contributed by atoms with Crippen LogP contribution in [0, 0.1) is 12.7 Å². The van der Waals surface area contributed by atoms with E-state index in [0.29, 0.717) is 23.8 Å². The Morgan fingerprint density at radius 1 is 0.809 bits per heavy atom. The van der Waals surface area contributed by atoms with Gasteiger partial charge in [-0.15, -0.1) is 0 Å². The summed E-state index contributed by atoms with van der Waals surface area (Å²) in [6.07, 6.45) is 2.82. The van der Waals surface area contributed by atoms with E-state index < -0.39 is 0 Å². The quantitative estimate of drug-likeness (QED) is 0.0796. The fourth-order valence-electron chi connectivity index (χ4n) is 5.64. The van der Waals surface area contributed by atoms with E-state index in [1.165, 1.54) is 16.8 Å². The Balaban J connectivity index is 1.15. The van der Waals surface area contributed by atoms with Crippen LogP contribution in [0.25, 0.3) is 11.4 Å². The molecule has 0 radical (unpaired) electrons. The lowest BCUT2D eigenvalue weighted by molar-refractivity contribution is 0.563. The lowest BCUT2D eigenvalue weighted by Gasteiger charge is -2.25. The van der Waals surface area contributed by atoms with Crippen molar-refractivity contribution >= 4 is 17.2 Å². The molecule has 0 aliphatic rings. The summed E-state index contributed by atoms with van der Waals surface area (Å²) in [7, 11) is 1.82. The van der Waals surface area contributed by atoms with Gasteiger partial charge in [0.25, 0.3) is 0 Å². The highest BCUT2D eigenvalue weighted by Gasteiger charge is 2.14. The zero-order chi connectivity index (χ0) is 32.8. The maximum atomic E-state index is 14.4. The summed E-state index contributed by atoms with van der Waals surface area (Å²) in [5, 5.41) is 13.8. The minimum Gasteiger partial charge on any atom is -0.384 e. The molecule has 5 rings (SSSR count). The van der Waals surface area contributed by atoms with Crippen LogP contribution in [0.2, 0.25) is 0 Å². The molecule has 7 nitrogen and oxygen atoms in total. The Bertz CT molecular complexity index is 1620. The molecule has 0 unspecified atom stereocenters. The smallest absolute Gasteiger partial charge is 0.161 e. The van der Waals surface area contributed by atoms with E-state index in [1.807, 2.05) is 20.0 Å². The Labute approximate surface area is 278 Å². The molecule has 1 aromatic heterocycles. The molecule has 47 heavy (non-hydrogen) atoms. The predicted octanol–water partition coefficient (Wildman–Crippen LogP) is 7.43. The number of rotatable bonds is 17. The summed E-state index contributed by atoms with van der Waals surface area (Å²) >= 11 is 0. The molecule has 0 saturated carbocycles. The van der Waals surface area contributed by atoms with E-state index in [0.717, 1.165) is 56.0 Å². The Morgan fingerprint density at radius 2 is 1.51 bits per heavy atom. The average molecular weight is 632 g/mol. The fourth-order valence-corrected chi connectivity index (χ4v) is 5.64. The van der Waals surface area contributed by atoms with Gasteiger partial charge in [0.1, 0.15) is 5.82 Å². The third-order valence-corrected chi connectivity index (χ3v) is 8.17. The molecule has 4 N–H and O–H groups in total. The van der Waals surface area contributed by atoms with Gasteiger partial charge in [-0.25, -0.2) is 14.4 Å². The van der Waals surface area contributed by atoms with Gasteiger partial charge in [-0.05, 0) is 60.4 Å². The summed E-state index contributed by atoms with van der Waals surface area (Å²) in [5.74, 6) is 1.02. The predicted molar refractivity (Wildman–Crippen MR) is 194 cm³/mol. The van der Waals surface area contributed by atoms with E-state index in [9.17, 15) is 4.39 Å². The first kappa shape index (κ1) is 33.6. The van der Waals surface area contributed by atoms with Crippen LogP contribution < -0.4 is 26.2 Å². The second-order valence-corrected chi connectivity index (χ2v) is 11.6. The number of aromatic nitrogens is 2. The van der Waals surface area contributed by atoms with Crippen LogP contribution in [0.5, 0.6) is 0 Å². The third kappa shape index (κ3) is 9.37. The number of halogens is 1. The number of benzene rings is 4. The molecule has 244 valence electrons. The van der Waals surface area contributed by atoms with Gasteiger partial charge in [-0.2, -0.15) is 0 Å². The van der Waals surface area contributed by atoms with Crippen molar-refractivity contribution in [3.63, 3.8) is 0 Å². The Hall–Kier alpha value is -4.79. The van der Waals surface area contributed by atoms with Gasteiger partial charge in [0.15, 0.2) is 11.6 Å². The molecule has 0 aliphatic carbocycles. The largest absolute Gasteiger partial charge is 0.384 e. The van der Waals surface area contributed by atoms with Crippen molar-refractivity contribution < 1.29 is 4.39 Å². The molecular formula is C39H46FN7. The SMILES string of the molecule is CCCN(CCNCCNC(c1ccccc1)c1ccccc1)c1ccc(-c2ncc(NC)c(NCc3ccc(C)cc3F)n2)cc1. The molecule has 0 aliphatic heterocycles. The van der Waals surface area contributed by atoms with Crippen molar-refractivity contribution in [3.8, 4) is 11.4 Å². The van der Waals surface area contributed by atoms with Crippen LogP contribution in [0.15, 0.2) is 109 Å². The van der Waals surface area contributed by atoms with Crippen molar-refractivity contribution in [2.45, 2.75) is 32.9 Å². The molecule has 4 aromatic carbocycles. The van der Waals surface area contributed by atoms with Gasteiger partial charge in [-0.3, -0.25) is 0 Å². The molecule has 1 heterocycles. The highest BCUT2D eigenvalue weighted by Crippen LogP contribution is 2.26. The molecule has 0 saturated heterocycles. The van der Waals surface area contributed by atoms with E-state index >= 15 is 0 Å². The number of nitrogens with zero attached hydrogens (tertiary/aromatic N) is 3. The minimum absolute atomic E-state index is 0.163. The van der Waals surface area contributed by atoms with Crippen LogP contribution in [-0.2, 0) is 6.54 Å². The number of anilines is 3. The average Bonchev–Trinajstić information content (AvgIpc) is 3.11. The first-order valence-electron chi connectivity index (χ1n) is 16.5. The third-order valence-electron chi connectivity index (χ3n) is 8.17. The second-order valence-electron chi connectivity index (χ2n) is 11.6. The maximum absolute atomic E-state index is 14.4. The summed E-state index contributed by atoms with van der Waals surface area (Å²) < 4.78 is 14.4. The standard InChI is InChI=1S/C39H46FN7/c1-4-24-47(25-23-42-21-22-43-37(30-11-7-5-8-12-30)31-13-9-6-10-14-31)34-19-17-32(18-20-34)38-45-28-36(41-3)39(46-38)44-27-33-16-15-29(2)26-35(33)40/h5-20,26,28,37,41-43H,4,21-25,27H2,1-3H3,(H,44,45,46). The van der Waals surface area contributed by atoms with Crippen molar-refractivity contribution in [2.75, 3.05) is 55.3 Å². The normalized spacial score (nSPS) is 11.1. The molecule has 0 atom stereocenters. The first-order valence-corrected chi connectivity index (χ1v) is 16.5. The van der Waals surface area contributed by atoms with E-state index in [2.05, 4.69) is 123 Å². The highest BCUT2D eigenvalue weighted by atomic mass is 19.1. The molecule has 0 bridgehead atoms. The monoisotopic (exact) mass is 631 g/mol. The van der Waals surface area contributed by atoms with E-state index in [-0.39, 0.29) is 11.9 Å². The number of hydrogen-bond donors (Lipinski definition) is 4. The van der Waals surface area contributed by atoms with E-state index in [4.69, 9.17) is 4.98 Å². The lowest BCUT2D eigenvalue weighted by Crippen LogP contribution is -2.36. The Morgan fingerprint density at radius 3 is 2.15 bits per heavy atom. The minimum atomic E-state index is -0.225. The summed E-state index contributed by atoms with van der Waals surface area (Å²) in [6.45, 7) is 8.92. The van der Waals surface area contributed by atoms with Gasteiger partial charge in [0.05, 0.1) is 17.9 Å². The molecule has 8 heteroatoms. The van der Waals surface area contributed by atoms with Crippen molar-refractivity contribution in [1.82, 2.24) is 20.6 Å². The van der Waals surface area contributed by atoms with E-state index in [1.54, 1.807) is 18.3 Å². The Kier molecular flexibility index (Phi) is 12.3. The molecule has 5 aromatic rings. The summed E-state index contributed by atoms with van der Waals surface area (Å²) in [4.78, 5) is 11.8. The second kappa shape index (κ2) is 17.2. The lowest BCUT2D eigenvalue weighted by atomic mass is 9.99. The number of hydrogen-bond acceptors (Lipinski definition) is 7. The van der Waals surface area contributed by atoms with Gasteiger partial charge in [-0.1, -0.05) is 79.7 Å². The summed E-state index contributed by atoms with van der Waals surface area (Å²) in [5.41, 5.74) is 6.87. The maximum Gasteiger partial charge on any atom is 0.161 e. The molecule has 0 amide bonds. The summed E-state index contributed by atoms with van der Waals surface area (Å²) in [6, 6.07) is 35.1. The fraction of sp³-hybridized carbons (Fsp3) is 0.282. The van der Waals surface area contributed by atoms with Crippen LogP contribution in [-0.4, -0.2) is 49.7 Å². The van der Waals surface area contributed by atoms with Crippen molar-refractivity contribution in [3.05, 3.63) is 137 Å². The van der Waals surface area contributed by atoms with Crippen molar-refractivity contribution in [1.29, 1.82) is 0 Å². The zero-order valence-corrected chi connectivity index (χ0v) is 27.6.